The Morgan fingerprint density at radius 1 is 1.27 bits per heavy atom. The fourth-order valence-electron chi connectivity index (χ4n) is 2.79. The maximum atomic E-state index is 11.9. The van der Waals surface area contributed by atoms with Gasteiger partial charge in [0.15, 0.2) is 0 Å². The second kappa shape index (κ2) is 8.63. The van der Waals surface area contributed by atoms with Crippen LogP contribution in [-0.2, 0) is 4.74 Å². The first kappa shape index (κ1) is 16.6. The van der Waals surface area contributed by atoms with Gasteiger partial charge >= 0.3 is 6.03 Å². The molecule has 1 aliphatic rings. The number of urea groups is 1. The van der Waals surface area contributed by atoms with Crippen LogP contribution in [0.5, 0.6) is 0 Å². The zero-order valence-corrected chi connectivity index (χ0v) is 13.6. The molecule has 0 saturated carbocycles. The summed E-state index contributed by atoms with van der Waals surface area (Å²) in [5.74, 6) is 0. The molecule has 5 heteroatoms. The molecule has 122 valence electrons. The van der Waals surface area contributed by atoms with E-state index >= 15 is 0 Å². The number of rotatable bonds is 5. The Hall–Kier alpha value is -1.75. The van der Waals surface area contributed by atoms with Crippen LogP contribution < -0.4 is 15.5 Å². The van der Waals surface area contributed by atoms with Gasteiger partial charge in [0.25, 0.3) is 0 Å². The third kappa shape index (κ3) is 5.22. The van der Waals surface area contributed by atoms with Crippen LogP contribution in [0.15, 0.2) is 24.3 Å². The van der Waals surface area contributed by atoms with Gasteiger partial charge in [0.05, 0.1) is 12.6 Å². The zero-order chi connectivity index (χ0) is 15.8. The molecule has 0 bridgehead atoms. The van der Waals surface area contributed by atoms with Crippen molar-refractivity contribution in [1.82, 2.24) is 5.32 Å². The number of methoxy groups -OCH3 is 1. The van der Waals surface area contributed by atoms with Crippen LogP contribution in [0.1, 0.15) is 32.6 Å². The van der Waals surface area contributed by atoms with E-state index in [1.165, 1.54) is 31.4 Å². The molecule has 1 fully saturated rings. The smallest absolute Gasteiger partial charge is 0.319 e. The lowest BCUT2D eigenvalue weighted by Gasteiger charge is -2.23. The van der Waals surface area contributed by atoms with Crippen molar-refractivity contribution in [3.05, 3.63) is 24.3 Å². The highest BCUT2D eigenvalue weighted by molar-refractivity contribution is 5.90. The molecule has 1 atom stereocenters. The molecule has 0 unspecified atom stereocenters. The Morgan fingerprint density at radius 2 is 2.00 bits per heavy atom. The second-order valence-corrected chi connectivity index (χ2v) is 5.91. The Morgan fingerprint density at radius 3 is 2.68 bits per heavy atom. The Bertz CT molecular complexity index is 471. The average molecular weight is 305 g/mol. The highest BCUT2D eigenvalue weighted by Crippen LogP contribution is 2.22. The van der Waals surface area contributed by atoms with E-state index in [1.54, 1.807) is 7.11 Å². The monoisotopic (exact) mass is 305 g/mol. The molecule has 0 aromatic heterocycles. The minimum absolute atomic E-state index is 0.0150. The first-order chi connectivity index (χ1) is 10.7. The molecule has 1 aromatic carbocycles. The van der Waals surface area contributed by atoms with Gasteiger partial charge in [0.2, 0.25) is 0 Å². The lowest BCUT2D eigenvalue weighted by atomic mass is 10.2. The van der Waals surface area contributed by atoms with Crippen LogP contribution in [-0.4, -0.2) is 38.9 Å². The SMILES string of the molecule is COC[C@H](C)NC(=O)Nc1cccc(N2CCCCCC2)c1. The van der Waals surface area contributed by atoms with Gasteiger partial charge in [0, 0.05) is 31.6 Å². The number of carbonyl (C=O) groups excluding carboxylic acids is 1. The van der Waals surface area contributed by atoms with Crippen LogP contribution >= 0.6 is 0 Å². The summed E-state index contributed by atoms with van der Waals surface area (Å²) in [5.41, 5.74) is 2.01. The number of anilines is 2. The summed E-state index contributed by atoms with van der Waals surface area (Å²) in [4.78, 5) is 14.4. The second-order valence-electron chi connectivity index (χ2n) is 5.91. The largest absolute Gasteiger partial charge is 0.383 e. The number of nitrogens with zero attached hydrogens (tertiary/aromatic N) is 1. The van der Waals surface area contributed by atoms with Gasteiger partial charge < -0.3 is 20.3 Å². The third-order valence-electron chi connectivity index (χ3n) is 3.87. The van der Waals surface area contributed by atoms with Crippen molar-refractivity contribution >= 4 is 17.4 Å². The van der Waals surface area contributed by atoms with Gasteiger partial charge in [-0.2, -0.15) is 0 Å². The molecule has 0 radical (unpaired) electrons. The van der Waals surface area contributed by atoms with Crippen LogP contribution in [0.2, 0.25) is 0 Å². The fourth-order valence-corrected chi connectivity index (χ4v) is 2.79. The van der Waals surface area contributed by atoms with Crippen LogP contribution in [0.4, 0.5) is 16.2 Å². The van der Waals surface area contributed by atoms with E-state index in [1.807, 2.05) is 25.1 Å². The first-order valence-corrected chi connectivity index (χ1v) is 8.10. The Balaban J connectivity index is 1.94. The third-order valence-corrected chi connectivity index (χ3v) is 3.87. The molecule has 1 aromatic rings. The predicted molar refractivity (Wildman–Crippen MR) is 90.6 cm³/mol. The summed E-state index contributed by atoms with van der Waals surface area (Å²) in [6.07, 6.45) is 5.11. The van der Waals surface area contributed by atoms with Crippen LogP contribution in [0, 0.1) is 0 Å². The van der Waals surface area contributed by atoms with Gasteiger partial charge in [-0.25, -0.2) is 4.79 Å². The summed E-state index contributed by atoms with van der Waals surface area (Å²) in [7, 11) is 1.63. The summed E-state index contributed by atoms with van der Waals surface area (Å²) in [6, 6.07) is 7.86. The molecule has 0 spiro atoms. The van der Waals surface area contributed by atoms with Gasteiger partial charge in [-0.15, -0.1) is 0 Å². The van der Waals surface area contributed by atoms with Gasteiger partial charge in [-0.05, 0) is 38.0 Å². The lowest BCUT2D eigenvalue weighted by Crippen LogP contribution is -2.38. The molecule has 22 heavy (non-hydrogen) atoms. The lowest BCUT2D eigenvalue weighted by molar-refractivity contribution is 0.173. The first-order valence-electron chi connectivity index (χ1n) is 8.10. The molecule has 0 aliphatic carbocycles. The maximum Gasteiger partial charge on any atom is 0.319 e. The van der Waals surface area contributed by atoms with Crippen molar-refractivity contribution in [2.75, 3.05) is 37.0 Å². The van der Waals surface area contributed by atoms with E-state index in [-0.39, 0.29) is 12.1 Å². The highest BCUT2D eigenvalue weighted by atomic mass is 16.5. The Kier molecular flexibility index (Phi) is 6.52. The summed E-state index contributed by atoms with van der Waals surface area (Å²) < 4.78 is 5.02. The van der Waals surface area contributed by atoms with E-state index in [2.05, 4.69) is 21.6 Å². The zero-order valence-electron chi connectivity index (χ0n) is 13.6. The summed E-state index contributed by atoms with van der Waals surface area (Å²) in [6.45, 7) is 4.61. The highest BCUT2D eigenvalue weighted by Gasteiger charge is 2.11. The van der Waals surface area contributed by atoms with Crippen molar-refractivity contribution in [3.63, 3.8) is 0 Å². The minimum Gasteiger partial charge on any atom is -0.383 e. The van der Waals surface area contributed by atoms with Crippen molar-refractivity contribution in [3.8, 4) is 0 Å². The number of hydrogen-bond acceptors (Lipinski definition) is 3. The number of carbonyl (C=O) groups is 1. The average Bonchev–Trinajstić information content (AvgIpc) is 2.76. The maximum absolute atomic E-state index is 11.9. The normalized spacial score (nSPS) is 16.7. The number of amides is 2. The minimum atomic E-state index is -0.197. The van der Waals surface area contributed by atoms with E-state index < -0.39 is 0 Å². The molecular formula is C17H27N3O2. The molecule has 5 nitrogen and oxygen atoms in total. The van der Waals surface area contributed by atoms with Crippen molar-refractivity contribution < 1.29 is 9.53 Å². The molecule has 2 N–H and O–H groups in total. The van der Waals surface area contributed by atoms with Crippen molar-refractivity contribution in [1.29, 1.82) is 0 Å². The van der Waals surface area contributed by atoms with Crippen LogP contribution in [0.25, 0.3) is 0 Å². The fraction of sp³-hybridized carbons (Fsp3) is 0.588. The molecule has 1 saturated heterocycles. The molecule has 1 heterocycles. The quantitative estimate of drug-likeness (QED) is 0.878. The van der Waals surface area contributed by atoms with Gasteiger partial charge in [0.1, 0.15) is 0 Å². The Labute approximate surface area is 133 Å². The van der Waals surface area contributed by atoms with E-state index in [4.69, 9.17) is 4.74 Å². The van der Waals surface area contributed by atoms with E-state index in [9.17, 15) is 4.79 Å². The van der Waals surface area contributed by atoms with E-state index in [0.717, 1.165) is 18.8 Å². The summed E-state index contributed by atoms with van der Waals surface area (Å²) >= 11 is 0. The number of nitrogens with one attached hydrogen (secondary N) is 2. The van der Waals surface area contributed by atoms with E-state index in [0.29, 0.717) is 6.61 Å². The number of benzene rings is 1. The number of hydrogen-bond donors (Lipinski definition) is 2. The van der Waals surface area contributed by atoms with Crippen LogP contribution in [0.3, 0.4) is 0 Å². The van der Waals surface area contributed by atoms with Gasteiger partial charge in [-0.3, -0.25) is 0 Å². The summed E-state index contributed by atoms with van der Waals surface area (Å²) in [5, 5.41) is 5.74. The predicted octanol–water partition coefficient (Wildman–Crippen LogP) is 3.22. The van der Waals surface area contributed by atoms with Crippen molar-refractivity contribution in [2.45, 2.75) is 38.6 Å². The van der Waals surface area contributed by atoms with Gasteiger partial charge in [-0.1, -0.05) is 18.9 Å². The number of ether oxygens (including phenoxy) is 1. The van der Waals surface area contributed by atoms with Crippen molar-refractivity contribution in [2.24, 2.45) is 0 Å². The molecule has 2 amide bonds. The standard InChI is InChI=1S/C17H27N3O2/c1-14(13-22-2)18-17(21)19-15-8-7-9-16(12-15)20-10-5-3-4-6-11-20/h7-9,12,14H,3-6,10-11,13H2,1-2H3,(H2,18,19,21)/t14-/m0/s1. The molecular weight excluding hydrogens is 278 g/mol. The molecule has 1 aliphatic heterocycles. The topological polar surface area (TPSA) is 53.6 Å². The molecule has 2 rings (SSSR count).